The van der Waals surface area contributed by atoms with Crippen LogP contribution in [0.1, 0.15) is 55.0 Å². The molecule has 3 aliphatic rings. The maximum absolute atomic E-state index is 14.8. The molecule has 3 heterocycles. The van der Waals surface area contributed by atoms with Crippen molar-refractivity contribution < 1.29 is 19.1 Å². The SMILES string of the molecule is CCCN(C=O)CCO.NC1=Nc2cc(C3(C(=O)Nc4cnc5c(c4)CNCC5)CC3)cc(F)c2C=CC1. The molecule has 202 valence electrons. The van der Waals surface area contributed by atoms with E-state index in [1.165, 1.54) is 6.07 Å². The first-order valence-electron chi connectivity index (χ1n) is 13.0. The highest BCUT2D eigenvalue weighted by molar-refractivity contribution is 6.01. The predicted molar refractivity (Wildman–Crippen MR) is 146 cm³/mol. The molecule has 0 saturated heterocycles. The zero-order chi connectivity index (χ0) is 27.1. The molecule has 0 radical (unpaired) electrons. The Morgan fingerprint density at radius 1 is 1.32 bits per heavy atom. The lowest BCUT2D eigenvalue weighted by Gasteiger charge is -2.20. The Morgan fingerprint density at radius 3 is 2.84 bits per heavy atom. The lowest BCUT2D eigenvalue weighted by molar-refractivity contribution is -0.119. The summed E-state index contributed by atoms with van der Waals surface area (Å²) >= 11 is 0. The normalized spacial score (nSPS) is 16.6. The van der Waals surface area contributed by atoms with Crippen LogP contribution in [0.25, 0.3) is 6.08 Å². The first-order chi connectivity index (χ1) is 18.4. The number of nitrogens with two attached hydrogens (primary N) is 1. The molecular formula is C28H35FN6O3. The molecule has 1 saturated carbocycles. The van der Waals surface area contributed by atoms with E-state index >= 15 is 0 Å². The number of pyridine rings is 1. The summed E-state index contributed by atoms with van der Waals surface area (Å²) in [4.78, 5) is 33.6. The van der Waals surface area contributed by atoms with Crippen molar-refractivity contribution in [2.24, 2.45) is 10.7 Å². The van der Waals surface area contributed by atoms with Gasteiger partial charge >= 0.3 is 0 Å². The van der Waals surface area contributed by atoms with Gasteiger partial charge in [0.1, 0.15) is 11.7 Å². The minimum Gasteiger partial charge on any atom is -0.395 e. The summed E-state index contributed by atoms with van der Waals surface area (Å²) in [5, 5.41) is 14.7. The fourth-order valence-electron chi connectivity index (χ4n) is 4.71. The number of aliphatic hydroxyl groups is 1. The summed E-state index contributed by atoms with van der Waals surface area (Å²) in [5.74, 6) is -0.0872. The highest BCUT2D eigenvalue weighted by atomic mass is 19.1. The van der Waals surface area contributed by atoms with Crippen molar-refractivity contribution in [2.75, 3.05) is 31.6 Å². The summed E-state index contributed by atoms with van der Waals surface area (Å²) in [6.07, 6.45) is 9.62. The van der Waals surface area contributed by atoms with Crippen LogP contribution in [0.5, 0.6) is 0 Å². The van der Waals surface area contributed by atoms with E-state index in [0.717, 1.165) is 50.1 Å². The first kappa shape index (κ1) is 27.4. The molecule has 9 nitrogen and oxygen atoms in total. The van der Waals surface area contributed by atoms with Crippen LogP contribution >= 0.6 is 0 Å². The topological polar surface area (TPSA) is 133 Å². The van der Waals surface area contributed by atoms with Crippen molar-refractivity contribution in [2.45, 2.75) is 51.0 Å². The molecule has 1 aromatic heterocycles. The van der Waals surface area contributed by atoms with Crippen LogP contribution in [-0.4, -0.2) is 59.4 Å². The molecule has 10 heteroatoms. The molecule has 0 bridgehead atoms. The standard InChI is InChI=1S/C22H22FN5O.C6H13NO2/c23-17-9-14(10-19-16(17)2-1-3-20(24)28-19)22(5-6-22)21(29)27-15-8-13-11-25-7-4-18(13)26-12-15;1-2-3-7(6-9)4-5-8/h1-2,8-10,12,25H,3-7,11H2,(H2,24,28)(H,27,29);6,8H,2-5H2,1H3. The number of halogens is 1. The van der Waals surface area contributed by atoms with Gasteiger partial charge in [-0.2, -0.15) is 0 Å². The second-order valence-corrected chi connectivity index (χ2v) is 9.76. The average Bonchev–Trinajstić information content (AvgIpc) is 3.74. The van der Waals surface area contributed by atoms with Gasteiger partial charge in [-0.05, 0) is 48.6 Å². The molecule has 0 unspecified atom stereocenters. The van der Waals surface area contributed by atoms with E-state index in [1.807, 2.05) is 13.0 Å². The van der Waals surface area contributed by atoms with E-state index in [1.54, 1.807) is 29.3 Å². The maximum Gasteiger partial charge on any atom is 0.235 e. The van der Waals surface area contributed by atoms with E-state index in [-0.39, 0.29) is 18.3 Å². The van der Waals surface area contributed by atoms with Gasteiger partial charge in [-0.1, -0.05) is 19.1 Å². The summed E-state index contributed by atoms with van der Waals surface area (Å²) in [5.41, 5.74) is 9.52. The van der Waals surface area contributed by atoms with E-state index in [4.69, 9.17) is 10.8 Å². The molecule has 2 amide bonds. The van der Waals surface area contributed by atoms with Gasteiger partial charge < -0.3 is 26.4 Å². The number of carbonyl (C=O) groups is 2. The van der Waals surface area contributed by atoms with Crippen LogP contribution in [0.2, 0.25) is 0 Å². The van der Waals surface area contributed by atoms with E-state index in [2.05, 4.69) is 20.6 Å². The number of rotatable bonds is 8. The zero-order valence-corrected chi connectivity index (χ0v) is 21.7. The van der Waals surface area contributed by atoms with Gasteiger partial charge in [-0.3, -0.25) is 14.6 Å². The smallest absolute Gasteiger partial charge is 0.235 e. The van der Waals surface area contributed by atoms with Gasteiger partial charge in [0.05, 0.1) is 29.6 Å². The molecule has 1 aromatic carbocycles. The molecule has 1 fully saturated rings. The molecule has 1 aliphatic carbocycles. The van der Waals surface area contributed by atoms with Crippen molar-refractivity contribution in [3.05, 3.63) is 58.7 Å². The molecular weight excluding hydrogens is 487 g/mol. The largest absolute Gasteiger partial charge is 0.395 e. The molecule has 0 atom stereocenters. The third-order valence-corrected chi connectivity index (χ3v) is 6.94. The van der Waals surface area contributed by atoms with Crippen molar-refractivity contribution in [1.82, 2.24) is 15.2 Å². The second kappa shape index (κ2) is 12.3. The number of amidine groups is 1. The Morgan fingerprint density at radius 2 is 2.13 bits per heavy atom. The molecule has 0 spiro atoms. The van der Waals surface area contributed by atoms with Crippen molar-refractivity contribution in [3.8, 4) is 0 Å². The Hall–Kier alpha value is -3.63. The lowest BCUT2D eigenvalue weighted by Crippen LogP contribution is -2.29. The third-order valence-electron chi connectivity index (χ3n) is 6.94. The summed E-state index contributed by atoms with van der Waals surface area (Å²) < 4.78 is 14.8. The highest BCUT2D eigenvalue weighted by Crippen LogP contribution is 2.50. The number of anilines is 1. The minimum absolute atomic E-state index is 0.0543. The fourth-order valence-corrected chi connectivity index (χ4v) is 4.71. The Labute approximate surface area is 222 Å². The van der Waals surface area contributed by atoms with Crippen LogP contribution in [-0.2, 0) is 28.0 Å². The van der Waals surface area contributed by atoms with E-state index < -0.39 is 5.41 Å². The maximum atomic E-state index is 14.8. The molecule has 2 aliphatic heterocycles. The fraction of sp³-hybridized carbons (Fsp3) is 0.429. The summed E-state index contributed by atoms with van der Waals surface area (Å²) in [7, 11) is 0. The number of nitrogens with one attached hydrogen (secondary N) is 2. The van der Waals surface area contributed by atoms with Crippen LogP contribution in [0.3, 0.4) is 0 Å². The van der Waals surface area contributed by atoms with Gasteiger partial charge in [-0.25, -0.2) is 9.38 Å². The summed E-state index contributed by atoms with van der Waals surface area (Å²) in [6.45, 7) is 4.91. The number of hydrogen-bond acceptors (Lipinski definition) is 7. The molecule has 5 N–H and O–H groups in total. The van der Waals surface area contributed by atoms with Gasteiger partial charge in [0.2, 0.25) is 12.3 Å². The van der Waals surface area contributed by atoms with Crippen molar-refractivity contribution >= 4 is 35.6 Å². The summed E-state index contributed by atoms with van der Waals surface area (Å²) in [6, 6.07) is 5.22. The second-order valence-electron chi connectivity index (χ2n) is 9.76. The van der Waals surface area contributed by atoms with Crippen LogP contribution < -0.4 is 16.4 Å². The molecule has 5 rings (SSSR count). The number of hydrogen-bond donors (Lipinski definition) is 4. The van der Waals surface area contributed by atoms with Gasteiger partial charge in [0.25, 0.3) is 0 Å². The van der Waals surface area contributed by atoms with Crippen molar-refractivity contribution in [1.29, 1.82) is 0 Å². The monoisotopic (exact) mass is 522 g/mol. The number of aromatic nitrogens is 1. The van der Waals surface area contributed by atoms with Crippen LogP contribution in [0.4, 0.5) is 15.8 Å². The highest BCUT2D eigenvalue weighted by Gasteiger charge is 2.51. The number of aliphatic hydroxyl groups excluding tert-OH is 1. The lowest BCUT2D eigenvalue weighted by atomic mass is 9.92. The van der Waals surface area contributed by atoms with E-state index in [9.17, 15) is 14.0 Å². The minimum atomic E-state index is -0.732. The number of amides is 2. The quantitative estimate of drug-likeness (QED) is 0.394. The predicted octanol–water partition coefficient (Wildman–Crippen LogP) is 2.79. The van der Waals surface area contributed by atoms with Gasteiger partial charge in [0.15, 0.2) is 0 Å². The zero-order valence-electron chi connectivity index (χ0n) is 21.7. The number of aliphatic imine (C=N–C) groups is 1. The number of benzene rings is 1. The van der Waals surface area contributed by atoms with Gasteiger partial charge in [-0.15, -0.1) is 0 Å². The third kappa shape index (κ3) is 6.25. The number of fused-ring (bicyclic) bond motifs is 2. The first-order valence-corrected chi connectivity index (χ1v) is 13.0. The van der Waals surface area contributed by atoms with E-state index in [0.29, 0.717) is 54.1 Å². The molecule has 38 heavy (non-hydrogen) atoms. The Bertz CT molecular complexity index is 1240. The van der Waals surface area contributed by atoms with Crippen LogP contribution in [0.15, 0.2) is 35.5 Å². The van der Waals surface area contributed by atoms with Crippen LogP contribution in [0, 0.1) is 5.82 Å². The molecule has 2 aromatic rings. The van der Waals surface area contributed by atoms with Crippen molar-refractivity contribution in [3.63, 3.8) is 0 Å². The Balaban J connectivity index is 0.000000323. The van der Waals surface area contributed by atoms with Gasteiger partial charge in [0, 0.05) is 50.3 Å². The number of nitrogens with zero attached hydrogens (tertiary/aromatic N) is 3. The Kier molecular flexibility index (Phi) is 8.85. The number of carbonyl (C=O) groups excluding carboxylic acids is 2. The average molecular weight is 523 g/mol.